The average molecular weight is 190 g/mol. The van der Waals surface area contributed by atoms with Crippen LogP contribution >= 0.6 is 37.6 Å². The molecule has 0 N–H and O–H groups in total. The molecule has 0 fully saturated rings. The summed E-state index contributed by atoms with van der Waals surface area (Å²) in [7, 11) is 6.83. The predicted molar refractivity (Wildman–Crippen MR) is 51.0 cm³/mol. The Kier molecular flexibility index (Phi) is 25.6. The van der Waals surface area contributed by atoms with E-state index < -0.39 is 0 Å². The molecule has 0 nitrogen and oxygen atoms in total. The molecule has 0 aliphatic heterocycles. The van der Waals surface area contributed by atoms with Crippen molar-refractivity contribution < 1.29 is 0 Å². The van der Waals surface area contributed by atoms with Gasteiger partial charge in [-0.25, -0.2) is 0 Å². The summed E-state index contributed by atoms with van der Waals surface area (Å²) >= 11 is 4.33. The van der Waals surface area contributed by atoms with Crippen LogP contribution in [0.3, 0.4) is 0 Å². The molecule has 7 heavy (non-hydrogen) atoms. The predicted octanol–water partition coefficient (Wildman–Crippen LogP) is 2.81. The van der Waals surface area contributed by atoms with Gasteiger partial charge in [-0.3, -0.25) is 0 Å². The SMILES string of the molecule is CSSC.PP=S. The van der Waals surface area contributed by atoms with Crippen molar-refractivity contribution >= 4 is 49.4 Å². The Hall–Kier alpha value is 1.65. The van der Waals surface area contributed by atoms with Crippen LogP contribution in [0.1, 0.15) is 0 Å². The molecule has 0 rings (SSSR count). The topological polar surface area (TPSA) is 0 Å². The van der Waals surface area contributed by atoms with Crippen LogP contribution in [0.15, 0.2) is 0 Å². The first kappa shape index (κ1) is 11.4. The van der Waals surface area contributed by atoms with Crippen LogP contribution in [0, 0.1) is 0 Å². The van der Waals surface area contributed by atoms with Gasteiger partial charge in [0.2, 0.25) is 0 Å². The van der Waals surface area contributed by atoms with E-state index in [4.69, 9.17) is 0 Å². The zero-order valence-corrected chi connectivity index (χ0v) is 8.75. The van der Waals surface area contributed by atoms with Crippen LogP contribution in [-0.2, 0) is 11.8 Å². The molecule has 0 aromatic heterocycles. The lowest BCUT2D eigenvalue weighted by Gasteiger charge is -1.69. The zero-order chi connectivity index (χ0) is 6.12. The zero-order valence-electron chi connectivity index (χ0n) is 4.25. The third kappa shape index (κ3) is 34.8. The lowest BCUT2D eigenvalue weighted by atomic mass is 12.0. The second-order valence-electron chi connectivity index (χ2n) is 0.439. The van der Waals surface area contributed by atoms with Gasteiger partial charge in [-0.15, -0.1) is 0 Å². The highest BCUT2D eigenvalue weighted by atomic mass is 33.1. The third-order valence-corrected chi connectivity index (χ3v) is 1.50. The van der Waals surface area contributed by atoms with Gasteiger partial charge in [-0.1, -0.05) is 42.3 Å². The molecule has 5 heteroatoms. The van der Waals surface area contributed by atoms with Gasteiger partial charge >= 0.3 is 0 Å². The molecule has 0 saturated carbocycles. The summed E-state index contributed by atoms with van der Waals surface area (Å²) in [6.07, 6.45) is 4.12. The Balaban J connectivity index is 0. The van der Waals surface area contributed by atoms with Crippen LogP contribution in [0.4, 0.5) is 0 Å². The fourth-order valence-corrected chi connectivity index (χ4v) is 0. The van der Waals surface area contributed by atoms with Gasteiger partial charge in [-0.2, -0.15) is 0 Å². The molecular formula is C2H8P2S3. The Morgan fingerprint density at radius 2 is 1.57 bits per heavy atom. The van der Waals surface area contributed by atoms with Crippen LogP contribution < -0.4 is 0 Å². The monoisotopic (exact) mass is 190 g/mol. The summed E-state index contributed by atoms with van der Waals surface area (Å²) in [5, 5.41) is 0. The van der Waals surface area contributed by atoms with Crippen LogP contribution in [0.25, 0.3) is 0 Å². The fourth-order valence-electron chi connectivity index (χ4n) is 0. The Morgan fingerprint density at radius 1 is 1.43 bits per heavy atom. The van der Waals surface area contributed by atoms with Crippen molar-refractivity contribution in [3.05, 3.63) is 0 Å². The number of hydrogen-bond acceptors (Lipinski definition) is 3. The van der Waals surface area contributed by atoms with E-state index in [1.807, 2.05) is 0 Å². The molecule has 0 aliphatic carbocycles. The molecule has 0 amide bonds. The third-order valence-electron chi connectivity index (χ3n) is 0.167. The normalized spacial score (nSPS) is 7.29. The van der Waals surface area contributed by atoms with Crippen LogP contribution in [0.2, 0.25) is 0 Å². The van der Waals surface area contributed by atoms with E-state index in [0.717, 1.165) is 7.04 Å². The quantitative estimate of drug-likeness (QED) is 0.461. The Bertz CT molecular complexity index is 30.1. The van der Waals surface area contributed by atoms with Crippen LogP contribution in [0.5, 0.6) is 0 Å². The summed E-state index contributed by atoms with van der Waals surface area (Å²) in [4.78, 5) is 0. The molecule has 0 aromatic rings. The van der Waals surface area contributed by atoms with Crippen molar-refractivity contribution in [2.45, 2.75) is 0 Å². The second kappa shape index (κ2) is 15.6. The Morgan fingerprint density at radius 3 is 1.57 bits per heavy atom. The van der Waals surface area contributed by atoms with Gasteiger partial charge in [0.15, 0.2) is 0 Å². The maximum Gasteiger partial charge on any atom is -0.00558 e. The largest absolute Gasteiger partial charge is 0.0979 e. The first-order valence-electron chi connectivity index (χ1n) is 1.42. The first-order chi connectivity index (χ1) is 3.33. The minimum absolute atomic E-state index is 0.917. The smallest absolute Gasteiger partial charge is 0.00558 e. The summed E-state index contributed by atoms with van der Waals surface area (Å²) in [6.45, 7) is 0. The van der Waals surface area contributed by atoms with Crippen molar-refractivity contribution in [2.24, 2.45) is 0 Å². The fraction of sp³-hybridized carbons (Fsp3) is 1.00. The average Bonchev–Trinajstić information content (AvgIpc) is 1.69. The van der Waals surface area contributed by atoms with Crippen molar-refractivity contribution in [3.63, 3.8) is 0 Å². The maximum atomic E-state index is 4.33. The summed E-state index contributed by atoms with van der Waals surface area (Å²) in [5.41, 5.74) is 0. The molecule has 44 valence electrons. The first-order valence-corrected chi connectivity index (χ1v) is 7.92. The molecule has 0 saturated heterocycles. The molecule has 0 heterocycles. The van der Waals surface area contributed by atoms with Gasteiger partial charge in [0.25, 0.3) is 0 Å². The van der Waals surface area contributed by atoms with Gasteiger partial charge in [0.05, 0.1) is 0 Å². The van der Waals surface area contributed by atoms with E-state index in [-0.39, 0.29) is 0 Å². The van der Waals surface area contributed by atoms with E-state index in [2.05, 4.69) is 33.2 Å². The standard InChI is InChI=1S/C2H6S2.H2P2S/c1-3-4-2;1-2-3/h1-2H3;1H2. The summed E-state index contributed by atoms with van der Waals surface area (Å²) in [5.74, 6) is 0. The lowest BCUT2D eigenvalue weighted by molar-refractivity contribution is 2.51. The lowest BCUT2D eigenvalue weighted by Crippen LogP contribution is -1.28. The highest BCUT2D eigenvalue weighted by Gasteiger charge is 1.55. The maximum absolute atomic E-state index is 4.33. The van der Waals surface area contributed by atoms with Crippen molar-refractivity contribution in [2.75, 3.05) is 12.5 Å². The summed E-state index contributed by atoms with van der Waals surface area (Å²) in [6, 6.07) is 0. The molecular weight excluding hydrogens is 182 g/mol. The van der Waals surface area contributed by atoms with Crippen LogP contribution in [-0.4, -0.2) is 12.5 Å². The molecule has 0 spiro atoms. The molecule has 0 aromatic carbocycles. The van der Waals surface area contributed by atoms with Crippen molar-refractivity contribution in [1.82, 2.24) is 0 Å². The van der Waals surface area contributed by atoms with E-state index in [1.165, 1.54) is 0 Å². The van der Waals surface area contributed by atoms with E-state index in [9.17, 15) is 0 Å². The van der Waals surface area contributed by atoms with E-state index >= 15 is 0 Å². The molecule has 0 radical (unpaired) electrons. The number of hydrogen-bond donors (Lipinski definition) is 0. The molecule has 1 unspecified atom stereocenters. The van der Waals surface area contributed by atoms with Gasteiger partial charge in [-0.05, 0) is 19.6 Å². The van der Waals surface area contributed by atoms with Gasteiger partial charge in [0, 0.05) is 0 Å². The van der Waals surface area contributed by atoms with E-state index in [1.54, 1.807) is 21.6 Å². The number of rotatable bonds is 1. The minimum atomic E-state index is 0.917. The molecule has 1 atom stereocenters. The second-order valence-corrected chi connectivity index (χ2v) is 5.85. The Labute approximate surface area is 61.9 Å². The minimum Gasteiger partial charge on any atom is -0.0979 e. The summed E-state index contributed by atoms with van der Waals surface area (Å²) < 4.78 is 0. The van der Waals surface area contributed by atoms with Crippen molar-refractivity contribution in [3.8, 4) is 0 Å². The van der Waals surface area contributed by atoms with Gasteiger partial charge < -0.3 is 0 Å². The highest BCUT2D eigenvalue weighted by molar-refractivity contribution is 8.76. The van der Waals surface area contributed by atoms with E-state index in [0.29, 0.717) is 0 Å². The van der Waals surface area contributed by atoms with Gasteiger partial charge in [0.1, 0.15) is 0 Å². The highest BCUT2D eigenvalue weighted by Crippen LogP contribution is 2.09. The molecule has 0 bridgehead atoms. The molecule has 0 aliphatic rings. The van der Waals surface area contributed by atoms with Crippen molar-refractivity contribution in [1.29, 1.82) is 0 Å².